The molecule has 1 aromatic heterocycles. The maximum absolute atomic E-state index is 5.51. The summed E-state index contributed by atoms with van der Waals surface area (Å²) in [6.07, 6.45) is 3.51. The number of hydrogen-bond donors (Lipinski definition) is 2. The lowest BCUT2D eigenvalue weighted by Crippen LogP contribution is -2.48. The number of hydrogen-bond acceptors (Lipinski definition) is 6. The molecule has 3 heterocycles. The van der Waals surface area contributed by atoms with Gasteiger partial charge in [-0.2, -0.15) is 0 Å². The molecule has 2 saturated heterocycles. The second-order valence-electron chi connectivity index (χ2n) is 8.17. The van der Waals surface area contributed by atoms with Crippen molar-refractivity contribution in [3.05, 3.63) is 11.1 Å². The molecule has 1 unspecified atom stereocenters. The second kappa shape index (κ2) is 11.7. The lowest BCUT2D eigenvalue weighted by Gasteiger charge is -2.36. The SMILES string of the molecule is CCNC(=NCC(C(C)C)N1CCOCC1)NCCc1csc(N2CCCC2)n1. The zero-order chi connectivity index (χ0) is 20.5. The van der Waals surface area contributed by atoms with Crippen LogP contribution in [0.25, 0.3) is 0 Å². The standard InChI is InChI=1S/C21H38N6OS/c1-4-22-20(24-15-19(17(2)3)26-11-13-28-14-12-26)23-8-7-18-16-29-21(25-18)27-9-5-6-10-27/h16-17,19H,4-15H2,1-3H3,(H2,22,23,24). The number of aliphatic imine (C=N–C) groups is 1. The summed E-state index contributed by atoms with van der Waals surface area (Å²) in [5.41, 5.74) is 1.17. The van der Waals surface area contributed by atoms with Gasteiger partial charge in [0.1, 0.15) is 0 Å². The van der Waals surface area contributed by atoms with E-state index >= 15 is 0 Å². The summed E-state index contributed by atoms with van der Waals surface area (Å²) in [5, 5.41) is 10.3. The Hall–Kier alpha value is -1.38. The van der Waals surface area contributed by atoms with Crippen LogP contribution in [0.4, 0.5) is 5.13 Å². The molecule has 0 saturated carbocycles. The third kappa shape index (κ3) is 6.83. The highest BCUT2D eigenvalue weighted by Gasteiger charge is 2.23. The maximum Gasteiger partial charge on any atom is 0.191 e. The molecule has 1 atom stereocenters. The number of morpholine rings is 1. The van der Waals surface area contributed by atoms with E-state index in [4.69, 9.17) is 14.7 Å². The van der Waals surface area contributed by atoms with E-state index in [0.717, 1.165) is 71.4 Å². The molecule has 7 nitrogen and oxygen atoms in total. The number of thiazole rings is 1. The van der Waals surface area contributed by atoms with Gasteiger partial charge in [0.2, 0.25) is 0 Å². The minimum Gasteiger partial charge on any atom is -0.379 e. The van der Waals surface area contributed by atoms with Crippen LogP contribution in [0.15, 0.2) is 10.4 Å². The summed E-state index contributed by atoms with van der Waals surface area (Å²) in [5.74, 6) is 1.47. The van der Waals surface area contributed by atoms with Gasteiger partial charge in [-0.15, -0.1) is 11.3 Å². The molecule has 29 heavy (non-hydrogen) atoms. The van der Waals surface area contributed by atoms with Crippen LogP contribution in [-0.2, 0) is 11.2 Å². The van der Waals surface area contributed by atoms with Crippen LogP contribution < -0.4 is 15.5 Å². The van der Waals surface area contributed by atoms with Crippen molar-refractivity contribution in [1.82, 2.24) is 20.5 Å². The van der Waals surface area contributed by atoms with E-state index in [9.17, 15) is 0 Å². The van der Waals surface area contributed by atoms with Crippen molar-refractivity contribution in [3.63, 3.8) is 0 Å². The van der Waals surface area contributed by atoms with Crippen molar-refractivity contribution in [1.29, 1.82) is 0 Å². The molecule has 0 radical (unpaired) electrons. The van der Waals surface area contributed by atoms with Crippen LogP contribution in [0.5, 0.6) is 0 Å². The summed E-state index contributed by atoms with van der Waals surface area (Å²) in [7, 11) is 0. The van der Waals surface area contributed by atoms with E-state index in [0.29, 0.717) is 12.0 Å². The Morgan fingerprint density at radius 1 is 1.21 bits per heavy atom. The molecule has 1 aromatic rings. The molecule has 2 fully saturated rings. The number of anilines is 1. The topological polar surface area (TPSA) is 65.0 Å². The average molecular weight is 423 g/mol. The minimum atomic E-state index is 0.455. The van der Waals surface area contributed by atoms with Crippen molar-refractivity contribution in [2.24, 2.45) is 10.9 Å². The average Bonchev–Trinajstić information content (AvgIpc) is 3.40. The summed E-state index contributed by atoms with van der Waals surface area (Å²) in [6, 6.07) is 0.455. The monoisotopic (exact) mass is 422 g/mol. The van der Waals surface area contributed by atoms with Gasteiger partial charge in [-0.05, 0) is 25.7 Å². The normalized spacial score (nSPS) is 19.7. The number of aromatic nitrogens is 1. The first-order valence-corrected chi connectivity index (χ1v) is 12.1. The van der Waals surface area contributed by atoms with E-state index in [2.05, 4.69) is 46.6 Å². The fourth-order valence-corrected chi connectivity index (χ4v) is 4.87. The molecule has 2 aliphatic heterocycles. The highest BCUT2D eigenvalue weighted by molar-refractivity contribution is 7.13. The Morgan fingerprint density at radius 2 is 1.97 bits per heavy atom. The van der Waals surface area contributed by atoms with Gasteiger partial charge in [0.05, 0.1) is 25.5 Å². The van der Waals surface area contributed by atoms with E-state index < -0.39 is 0 Å². The molecule has 0 spiro atoms. The Balaban J connectivity index is 1.49. The van der Waals surface area contributed by atoms with Gasteiger partial charge in [-0.25, -0.2) is 4.98 Å². The number of rotatable bonds is 9. The van der Waals surface area contributed by atoms with Gasteiger partial charge < -0.3 is 20.3 Å². The Labute approximate surface area is 179 Å². The zero-order valence-corrected chi connectivity index (χ0v) is 19.1. The first-order chi connectivity index (χ1) is 14.2. The largest absolute Gasteiger partial charge is 0.379 e. The Morgan fingerprint density at radius 3 is 2.66 bits per heavy atom. The number of ether oxygens (including phenoxy) is 1. The fourth-order valence-electron chi connectivity index (χ4n) is 3.96. The van der Waals surface area contributed by atoms with Crippen LogP contribution in [0.3, 0.4) is 0 Å². The lowest BCUT2D eigenvalue weighted by molar-refractivity contribution is 0.00867. The molecular formula is C21H38N6OS. The van der Waals surface area contributed by atoms with E-state index in [1.165, 1.54) is 23.7 Å². The van der Waals surface area contributed by atoms with Gasteiger partial charge in [0.25, 0.3) is 0 Å². The molecule has 2 N–H and O–H groups in total. The predicted octanol–water partition coefficient (Wildman–Crippen LogP) is 2.20. The molecular weight excluding hydrogens is 384 g/mol. The third-order valence-corrected chi connectivity index (χ3v) is 6.60. The van der Waals surface area contributed by atoms with Gasteiger partial charge in [-0.1, -0.05) is 13.8 Å². The van der Waals surface area contributed by atoms with Crippen LogP contribution in [0.2, 0.25) is 0 Å². The smallest absolute Gasteiger partial charge is 0.191 e. The van der Waals surface area contributed by atoms with E-state index in [1.54, 1.807) is 11.3 Å². The molecule has 8 heteroatoms. The maximum atomic E-state index is 5.51. The molecule has 0 aromatic carbocycles. The van der Waals surface area contributed by atoms with E-state index in [-0.39, 0.29) is 0 Å². The summed E-state index contributed by atoms with van der Waals surface area (Å²) in [4.78, 5) is 14.6. The van der Waals surface area contributed by atoms with Gasteiger partial charge >= 0.3 is 0 Å². The van der Waals surface area contributed by atoms with Gasteiger partial charge in [0, 0.05) is 57.1 Å². The van der Waals surface area contributed by atoms with Crippen LogP contribution in [0, 0.1) is 5.92 Å². The zero-order valence-electron chi connectivity index (χ0n) is 18.3. The highest BCUT2D eigenvalue weighted by atomic mass is 32.1. The van der Waals surface area contributed by atoms with Crippen molar-refractivity contribution in [3.8, 4) is 0 Å². The minimum absolute atomic E-state index is 0.455. The van der Waals surface area contributed by atoms with Crippen molar-refractivity contribution < 1.29 is 4.74 Å². The van der Waals surface area contributed by atoms with Crippen molar-refractivity contribution in [2.75, 3.05) is 63.9 Å². The molecule has 2 aliphatic rings. The van der Waals surface area contributed by atoms with Gasteiger partial charge in [0.15, 0.2) is 11.1 Å². The molecule has 164 valence electrons. The predicted molar refractivity (Wildman–Crippen MR) is 122 cm³/mol. The van der Waals surface area contributed by atoms with Crippen molar-refractivity contribution >= 4 is 22.4 Å². The molecule has 3 rings (SSSR count). The fraction of sp³-hybridized carbons (Fsp3) is 0.810. The molecule has 0 aliphatic carbocycles. The summed E-state index contributed by atoms with van der Waals surface area (Å²) >= 11 is 1.77. The van der Waals surface area contributed by atoms with Crippen LogP contribution in [-0.4, -0.2) is 80.9 Å². The first kappa shape index (κ1) is 22.3. The number of nitrogens with zero attached hydrogens (tertiary/aromatic N) is 4. The number of nitrogens with one attached hydrogen (secondary N) is 2. The number of guanidine groups is 1. The van der Waals surface area contributed by atoms with Crippen LogP contribution >= 0.6 is 11.3 Å². The summed E-state index contributed by atoms with van der Waals surface area (Å²) < 4.78 is 5.51. The highest BCUT2D eigenvalue weighted by Crippen LogP contribution is 2.24. The molecule has 0 amide bonds. The first-order valence-electron chi connectivity index (χ1n) is 11.2. The quantitative estimate of drug-likeness (QED) is 0.470. The third-order valence-electron chi connectivity index (χ3n) is 5.65. The molecule has 0 bridgehead atoms. The lowest BCUT2D eigenvalue weighted by atomic mass is 10.0. The second-order valence-corrected chi connectivity index (χ2v) is 9.01. The van der Waals surface area contributed by atoms with E-state index in [1.807, 2.05) is 0 Å². The Bertz CT molecular complexity index is 622. The summed E-state index contributed by atoms with van der Waals surface area (Å²) in [6.45, 7) is 15.2. The van der Waals surface area contributed by atoms with Crippen molar-refractivity contribution in [2.45, 2.75) is 46.1 Å². The Kier molecular flexibility index (Phi) is 9.01. The van der Waals surface area contributed by atoms with Crippen LogP contribution in [0.1, 0.15) is 39.3 Å². The van der Waals surface area contributed by atoms with Gasteiger partial charge in [-0.3, -0.25) is 9.89 Å².